The maximum absolute atomic E-state index is 5.12. The van der Waals surface area contributed by atoms with Crippen molar-refractivity contribution >= 4 is 0 Å². The highest BCUT2D eigenvalue weighted by atomic mass is 16.3. The van der Waals surface area contributed by atoms with E-state index in [1.165, 1.54) is 57.8 Å². The second kappa shape index (κ2) is 9.26. The molecule has 0 aromatic carbocycles. The first-order chi connectivity index (χ1) is 8.38. The van der Waals surface area contributed by atoms with Gasteiger partial charge in [-0.15, -0.1) is 0 Å². The van der Waals surface area contributed by atoms with E-state index in [-0.39, 0.29) is 0 Å². The molecule has 1 unspecified atom stereocenters. The summed E-state index contributed by atoms with van der Waals surface area (Å²) in [6, 6.07) is 0. The molecule has 2 nitrogen and oxygen atoms in total. The first-order valence-corrected chi connectivity index (χ1v) is 7.26. The van der Waals surface area contributed by atoms with Crippen LogP contribution in [0.4, 0.5) is 0 Å². The Balaban J connectivity index is 2.31. The summed E-state index contributed by atoms with van der Waals surface area (Å²) in [7, 11) is 0. The Kier molecular flexibility index (Phi) is 7.78. The van der Waals surface area contributed by atoms with Gasteiger partial charge in [0.25, 0.3) is 0 Å². The van der Waals surface area contributed by atoms with Crippen molar-refractivity contribution in [3.8, 4) is 0 Å². The molecule has 0 aliphatic carbocycles. The molecule has 0 saturated heterocycles. The van der Waals surface area contributed by atoms with Gasteiger partial charge in [-0.1, -0.05) is 58.8 Å². The van der Waals surface area contributed by atoms with Crippen molar-refractivity contribution in [2.75, 3.05) is 0 Å². The maximum atomic E-state index is 5.12. The van der Waals surface area contributed by atoms with Crippen LogP contribution >= 0.6 is 0 Å². The molecule has 0 aliphatic heterocycles. The fourth-order valence-electron chi connectivity index (χ4n) is 2.32. The number of aromatic nitrogens is 1. The second-order valence-corrected chi connectivity index (χ2v) is 4.96. The fourth-order valence-corrected chi connectivity index (χ4v) is 2.32. The normalized spacial score (nSPS) is 12.8. The molecule has 17 heavy (non-hydrogen) atoms. The van der Waals surface area contributed by atoms with Crippen LogP contribution in [-0.4, -0.2) is 4.98 Å². The summed E-state index contributed by atoms with van der Waals surface area (Å²) in [5, 5.41) is 0. The van der Waals surface area contributed by atoms with Gasteiger partial charge in [0, 0.05) is 5.92 Å². The smallest absolute Gasteiger partial charge is 0.180 e. The van der Waals surface area contributed by atoms with E-state index in [2.05, 4.69) is 18.8 Å². The summed E-state index contributed by atoms with van der Waals surface area (Å²) in [6.45, 7) is 4.52. The van der Waals surface area contributed by atoms with Crippen molar-refractivity contribution < 1.29 is 4.42 Å². The molecule has 0 N–H and O–H groups in total. The zero-order valence-electron chi connectivity index (χ0n) is 11.5. The minimum atomic E-state index is 0.622. The lowest BCUT2D eigenvalue weighted by atomic mass is 9.92. The minimum Gasteiger partial charge on any atom is -0.451 e. The monoisotopic (exact) mass is 237 g/mol. The largest absolute Gasteiger partial charge is 0.451 e. The summed E-state index contributed by atoms with van der Waals surface area (Å²) < 4.78 is 5.12. The average Bonchev–Trinajstić information content (AvgIpc) is 2.86. The van der Waals surface area contributed by atoms with Crippen LogP contribution in [0.3, 0.4) is 0 Å². The average molecular weight is 237 g/mol. The van der Waals surface area contributed by atoms with Gasteiger partial charge in [-0.3, -0.25) is 0 Å². The molecule has 0 bridgehead atoms. The van der Waals surface area contributed by atoms with Crippen LogP contribution in [0.25, 0.3) is 0 Å². The van der Waals surface area contributed by atoms with Gasteiger partial charge in [-0.25, -0.2) is 4.98 Å². The molecule has 0 spiro atoms. The van der Waals surface area contributed by atoms with E-state index in [1.54, 1.807) is 6.39 Å². The molecular formula is C15H27NO. The second-order valence-electron chi connectivity index (χ2n) is 4.96. The predicted molar refractivity (Wildman–Crippen MR) is 72.1 cm³/mol. The number of rotatable bonds is 10. The Morgan fingerprint density at radius 1 is 1.00 bits per heavy atom. The van der Waals surface area contributed by atoms with E-state index >= 15 is 0 Å². The molecule has 2 heteroatoms. The Labute approximate surface area is 106 Å². The van der Waals surface area contributed by atoms with E-state index in [0.717, 1.165) is 5.69 Å². The quantitative estimate of drug-likeness (QED) is 0.515. The molecular weight excluding hydrogens is 210 g/mol. The maximum Gasteiger partial charge on any atom is 0.180 e. The third-order valence-corrected chi connectivity index (χ3v) is 3.43. The van der Waals surface area contributed by atoms with Crippen molar-refractivity contribution in [1.29, 1.82) is 0 Å². The van der Waals surface area contributed by atoms with E-state index in [0.29, 0.717) is 5.92 Å². The van der Waals surface area contributed by atoms with Crippen molar-refractivity contribution in [2.45, 2.75) is 77.6 Å². The highest BCUT2D eigenvalue weighted by molar-refractivity contribution is 5.00. The fraction of sp³-hybridized carbons (Fsp3) is 0.800. The summed E-state index contributed by atoms with van der Waals surface area (Å²) in [4.78, 5) is 4.33. The first kappa shape index (κ1) is 14.3. The van der Waals surface area contributed by atoms with Crippen LogP contribution in [0.1, 0.15) is 83.2 Å². The molecule has 1 atom stereocenters. The molecule has 1 rings (SSSR count). The Bertz CT molecular complexity index is 256. The molecule has 0 saturated carbocycles. The van der Waals surface area contributed by atoms with Crippen molar-refractivity contribution in [3.63, 3.8) is 0 Å². The van der Waals surface area contributed by atoms with Crippen LogP contribution in [0.5, 0.6) is 0 Å². The highest BCUT2D eigenvalue weighted by Gasteiger charge is 2.13. The van der Waals surface area contributed by atoms with E-state index in [1.807, 2.05) is 6.26 Å². The van der Waals surface area contributed by atoms with Gasteiger partial charge in [0.1, 0.15) is 6.26 Å². The number of unbranched alkanes of at least 4 members (excludes halogenated alkanes) is 5. The molecule has 0 amide bonds. The summed E-state index contributed by atoms with van der Waals surface area (Å²) in [5.41, 5.74) is 1.16. The van der Waals surface area contributed by atoms with Crippen LogP contribution in [0.2, 0.25) is 0 Å². The van der Waals surface area contributed by atoms with Gasteiger partial charge in [0.2, 0.25) is 0 Å². The lowest BCUT2D eigenvalue weighted by Crippen LogP contribution is -2.00. The highest BCUT2D eigenvalue weighted by Crippen LogP contribution is 2.27. The van der Waals surface area contributed by atoms with Gasteiger partial charge >= 0.3 is 0 Å². The minimum absolute atomic E-state index is 0.622. The number of oxazole rings is 1. The summed E-state index contributed by atoms with van der Waals surface area (Å²) in [5.74, 6) is 0.622. The van der Waals surface area contributed by atoms with Gasteiger partial charge < -0.3 is 4.42 Å². The molecule has 0 radical (unpaired) electrons. The molecule has 0 aliphatic rings. The number of hydrogen-bond acceptors (Lipinski definition) is 2. The molecule has 0 fully saturated rings. The van der Waals surface area contributed by atoms with Gasteiger partial charge in [0.15, 0.2) is 6.39 Å². The van der Waals surface area contributed by atoms with Crippen LogP contribution in [-0.2, 0) is 0 Å². The van der Waals surface area contributed by atoms with Crippen LogP contribution < -0.4 is 0 Å². The third-order valence-electron chi connectivity index (χ3n) is 3.43. The van der Waals surface area contributed by atoms with E-state index < -0.39 is 0 Å². The topological polar surface area (TPSA) is 26.0 Å². The number of hydrogen-bond donors (Lipinski definition) is 0. The third kappa shape index (κ3) is 5.90. The van der Waals surface area contributed by atoms with Crippen molar-refractivity contribution in [3.05, 3.63) is 18.4 Å². The molecule has 1 aromatic rings. The van der Waals surface area contributed by atoms with Gasteiger partial charge in [0.05, 0.1) is 5.69 Å². The lowest BCUT2D eigenvalue weighted by molar-refractivity contribution is 0.489. The van der Waals surface area contributed by atoms with Gasteiger partial charge in [-0.2, -0.15) is 0 Å². The van der Waals surface area contributed by atoms with Crippen molar-refractivity contribution in [2.24, 2.45) is 0 Å². The molecule has 1 heterocycles. The first-order valence-electron chi connectivity index (χ1n) is 7.26. The summed E-state index contributed by atoms with van der Waals surface area (Å²) in [6.07, 6.45) is 15.3. The SMILES string of the molecule is CCCCCCC(CCCCC)c1cocn1. The van der Waals surface area contributed by atoms with Crippen LogP contribution in [0.15, 0.2) is 17.1 Å². The predicted octanol–water partition coefficient (Wildman–Crippen LogP) is 5.31. The summed E-state index contributed by atoms with van der Waals surface area (Å²) >= 11 is 0. The number of nitrogens with zero attached hydrogens (tertiary/aromatic N) is 1. The molecule has 98 valence electrons. The molecule has 1 aromatic heterocycles. The van der Waals surface area contributed by atoms with Crippen molar-refractivity contribution in [1.82, 2.24) is 4.98 Å². The Morgan fingerprint density at radius 2 is 1.65 bits per heavy atom. The van der Waals surface area contributed by atoms with Crippen LogP contribution in [0, 0.1) is 0 Å². The van der Waals surface area contributed by atoms with Gasteiger partial charge in [-0.05, 0) is 12.8 Å². The lowest BCUT2D eigenvalue weighted by Gasteiger charge is -2.13. The zero-order valence-corrected chi connectivity index (χ0v) is 11.5. The standard InChI is InChI=1S/C15H27NO/c1-3-5-7-9-11-14(10-8-6-4-2)15-12-17-13-16-15/h12-14H,3-11H2,1-2H3. The Morgan fingerprint density at radius 3 is 2.24 bits per heavy atom. The Hall–Kier alpha value is -0.790. The van der Waals surface area contributed by atoms with E-state index in [9.17, 15) is 0 Å². The zero-order chi connectivity index (χ0) is 12.3. The van der Waals surface area contributed by atoms with E-state index in [4.69, 9.17) is 4.42 Å².